The number of esters is 1. The van der Waals surface area contributed by atoms with Gasteiger partial charge in [0, 0.05) is 78.4 Å². The summed E-state index contributed by atoms with van der Waals surface area (Å²) >= 11 is 0. The SMILES string of the molecule is CC(C)C(=O)N(C)C.CC(C)CN(C)C.CC(C)N(C)CN(C)C.CCC(C)C.CCN(C)C(=O)C(C)C.CCN(C)C(C)C.COC(=O)C(C)C.COC(C)C.CON(C)C(=O)C(C)C. The van der Waals surface area contributed by atoms with E-state index in [0.717, 1.165) is 31.6 Å². The third-order valence-electron chi connectivity index (χ3n) is 8.82. The fourth-order valence-corrected chi connectivity index (χ4v) is 3.51. The Bertz CT molecular complexity index is 985. The fourth-order valence-electron chi connectivity index (χ4n) is 3.51. The van der Waals surface area contributed by atoms with Crippen LogP contribution in [0.4, 0.5) is 0 Å². The summed E-state index contributed by atoms with van der Waals surface area (Å²) in [7, 11) is 24.1. The molecule has 0 heterocycles. The number of rotatable bonds is 15. The first-order valence-electron chi connectivity index (χ1n) is 24.4. The number of hydrogen-bond donors (Lipinski definition) is 0. The van der Waals surface area contributed by atoms with Gasteiger partial charge in [0.25, 0.3) is 0 Å². The Hall–Kier alpha value is -2.36. The maximum absolute atomic E-state index is 11.0. The van der Waals surface area contributed by atoms with Gasteiger partial charge in [-0.3, -0.25) is 33.8 Å². The Morgan fingerprint density at radius 1 is 0.455 bits per heavy atom. The Kier molecular flexibility index (Phi) is 70.0. The second-order valence-corrected chi connectivity index (χ2v) is 19.7. The Balaban J connectivity index is -0.0000000796. The largest absolute Gasteiger partial charge is 0.469 e. The summed E-state index contributed by atoms with van der Waals surface area (Å²) in [5.74, 6) is 2.21. The van der Waals surface area contributed by atoms with Gasteiger partial charge in [0.05, 0.1) is 26.2 Å². The van der Waals surface area contributed by atoms with Gasteiger partial charge in [0.1, 0.15) is 0 Å². The zero-order valence-electron chi connectivity index (χ0n) is 50.7. The van der Waals surface area contributed by atoms with Crippen molar-refractivity contribution < 1.29 is 33.5 Å². The first-order chi connectivity index (χ1) is 29.8. The highest BCUT2D eigenvalue weighted by atomic mass is 16.7. The molecular formula is C52H121N7O7. The lowest BCUT2D eigenvalue weighted by molar-refractivity contribution is -0.172. The van der Waals surface area contributed by atoms with Crippen molar-refractivity contribution in [2.24, 2.45) is 35.5 Å². The number of carbonyl (C=O) groups excluding carboxylic acids is 4. The molecule has 66 heavy (non-hydrogen) atoms. The molecular weight excluding hydrogens is 835 g/mol. The lowest BCUT2D eigenvalue weighted by atomic mass is 10.2. The summed E-state index contributed by atoms with van der Waals surface area (Å²) in [6, 6.07) is 1.34. The van der Waals surface area contributed by atoms with Crippen molar-refractivity contribution in [1.29, 1.82) is 0 Å². The van der Waals surface area contributed by atoms with E-state index < -0.39 is 0 Å². The Morgan fingerprint density at radius 3 is 0.848 bits per heavy atom. The van der Waals surface area contributed by atoms with Gasteiger partial charge in [0.2, 0.25) is 17.7 Å². The van der Waals surface area contributed by atoms with Gasteiger partial charge in [-0.05, 0) is 116 Å². The minimum absolute atomic E-state index is 0.00231. The molecule has 0 aliphatic carbocycles. The van der Waals surface area contributed by atoms with E-state index >= 15 is 0 Å². The van der Waals surface area contributed by atoms with Gasteiger partial charge in [-0.2, -0.15) is 0 Å². The summed E-state index contributed by atoms with van der Waals surface area (Å²) < 4.78 is 9.12. The number of amides is 3. The minimum Gasteiger partial charge on any atom is -0.469 e. The van der Waals surface area contributed by atoms with Crippen LogP contribution < -0.4 is 0 Å². The zero-order valence-corrected chi connectivity index (χ0v) is 50.7. The zero-order chi connectivity index (χ0) is 55.2. The van der Waals surface area contributed by atoms with E-state index in [2.05, 4.69) is 141 Å². The standard InChI is InChI=1S/C7H18N2.C7H15NO.C6H13NO2.C6H13NO.2C6H15N.C5H10O2.C5H12.C4H10O/c1-7(2)9(5)6-8(3)4;1-5-8(4)7(9)6(2)3;1-5(2)6(8)7(3)9-4;1-5(2)6(8)7(3)4;1-6(2)5-7(3)4;1-5-7(4)6(2)3;1-4(2)5(6)7-3;1-4-5(2)3;1-4(2)5-3/h7H,6H2,1-5H3;6H,5H2,1-4H3;5H,1-4H3;5H,1-4H3;2*6H,5H2,1-4H3;4H,1-3H3;5H,4H2,1-3H3;4H,1-3H3. The average molecular weight is 957 g/mol. The van der Waals surface area contributed by atoms with Crippen LogP contribution in [0.3, 0.4) is 0 Å². The summed E-state index contributed by atoms with van der Waals surface area (Å²) in [5.41, 5.74) is 0. The predicted molar refractivity (Wildman–Crippen MR) is 289 cm³/mol. The summed E-state index contributed by atoms with van der Waals surface area (Å²) in [6.07, 6.45) is 1.69. The predicted octanol–water partition coefficient (Wildman–Crippen LogP) is 9.82. The first kappa shape index (κ1) is 83.6. The fraction of sp³-hybridized carbons (Fsp3) is 0.923. The summed E-state index contributed by atoms with van der Waals surface area (Å²) in [4.78, 5) is 59.9. The molecule has 14 heteroatoms. The first-order valence-corrected chi connectivity index (χ1v) is 24.4. The van der Waals surface area contributed by atoms with Crippen molar-refractivity contribution >= 4 is 23.7 Å². The highest BCUT2D eigenvalue weighted by Gasteiger charge is 2.11. The Morgan fingerprint density at radius 2 is 0.803 bits per heavy atom. The van der Waals surface area contributed by atoms with Crippen LogP contribution >= 0.6 is 0 Å². The molecule has 3 amide bonds. The molecule has 0 saturated heterocycles. The van der Waals surface area contributed by atoms with Gasteiger partial charge in [0.15, 0.2) is 0 Å². The van der Waals surface area contributed by atoms with Crippen LogP contribution in [0, 0.1) is 35.5 Å². The van der Waals surface area contributed by atoms with Crippen molar-refractivity contribution in [1.82, 2.24) is 34.5 Å². The van der Waals surface area contributed by atoms with Gasteiger partial charge >= 0.3 is 5.97 Å². The van der Waals surface area contributed by atoms with Crippen molar-refractivity contribution in [3.63, 3.8) is 0 Å². The molecule has 14 nitrogen and oxygen atoms in total. The van der Waals surface area contributed by atoms with Gasteiger partial charge < -0.3 is 29.1 Å². The molecule has 0 bridgehead atoms. The van der Waals surface area contributed by atoms with Gasteiger partial charge in [-0.1, -0.05) is 103 Å². The molecule has 0 aliphatic rings. The maximum Gasteiger partial charge on any atom is 0.308 e. The summed E-state index contributed by atoms with van der Waals surface area (Å²) in [5, 5.41) is 1.23. The monoisotopic (exact) mass is 956 g/mol. The van der Waals surface area contributed by atoms with E-state index in [4.69, 9.17) is 4.74 Å². The van der Waals surface area contributed by atoms with Crippen LogP contribution in [0.2, 0.25) is 0 Å². The molecule has 0 saturated carbocycles. The van der Waals surface area contributed by atoms with Crippen molar-refractivity contribution in [2.75, 3.05) is 118 Å². The van der Waals surface area contributed by atoms with Crippen molar-refractivity contribution in [2.45, 2.75) is 170 Å². The molecule has 0 radical (unpaired) electrons. The molecule has 0 spiro atoms. The number of hydroxylamine groups is 2. The highest BCUT2D eigenvalue weighted by Crippen LogP contribution is 1.99. The van der Waals surface area contributed by atoms with E-state index in [9.17, 15) is 19.2 Å². The third-order valence-corrected chi connectivity index (χ3v) is 8.82. The molecule has 406 valence electrons. The average Bonchev–Trinajstić information content (AvgIpc) is 3.22. The maximum atomic E-state index is 11.0. The normalized spacial score (nSPS) is 10.3. The van der Waals surface area contributed by atoms with Crippen LogP contribution in [0.15, 0.2) is 0 Å². The van der Waals surface area contributed by atoms with Gasteiger partial charge in [-0.25, -0.2) is 5.06 Å². The lowest BCUT2D eigenvalue weighted by Gasteiger charge is -2.24. The van der Waals surface area contributed by atoms with E-state index in [1.54, 1.807) is 51.9 Å². The number of nitrogens with zero attached hydrogens (tertiary/aromatic N) is 7. The van der Waals surface area contributed by atoms with Crippen LogP contribution in [-0.4, -0.2) is 194 Å². The van der Waals surface area contributed by atoms with E-state index in [1.165, 1.54) is 32.2 Å². The van der Waals surface area contributed by atoms with Crippen LogP contribution in [-0.2, 0) is 33.5 Å². The quantitative estimate of drug-likeness (QED) is 0.0887. The molecule has 0 N–H and O–H groups in total. The Labute approximate surface area is 414 Å². The smallest absolute Gasteiger partial charge is 0.308 e. The molecule has 0 aliphatic heterocycles. The van der Waals surface area contributed by atoms with Crippen molar-refractivity contribution in [3.8, 4) is 0 Å². The van der Waals surface area contributed by atoms with Gasteiger partial charge in [-0.15, -0.1) is 0 Å². The molecule has 0 unspecified atom stereocenters. The molecule has 0 aromatic rings. The summed E-state index contributed by atoms with van der Waals surface area (Å²) in [6.45, 7) is 47.1. The topological polar surface area (TPSA) is 119 Å². The molecule has 0 fully saturated rings. The molecule has 0 atom stereocenters. The van der Waals surface area contributed by atoms with E-state index in [-0.39, 0.29) is 47.4 Å². The number of ether oxygens (including phenoxy) is 2. The number of carbonyl (C=O) groups is 4. The third kappa shape index (κ3) is 78.8. The number of methoxy groups -OCH3 is 2. The van der Waals surface area contributed by atoms with Crippen LogP contribution in [0.1, 0.15) is 152 Å². The van der Waals surface area contributed by atoms with E-state index in [0.29, 0.717) is 18.2 Å². The molecule has 0 aromatic carbocycles. The van der Waals surface area contributed by atoms with Crippen molar-refractivity contribution in [3.05, 3.63) is 0 Å². The molecule has 0 rings (SSSR count). The van der Waals surface area contributed by atoms with Crippen LogP contribution in [0.25, 0.3) is 0 Å². The second kappa shape index (κ2) is 55.2. The van der Waals surface area contributed by atoms with Crippen LogP contribution in [0.5, 0.6) is 0 Å². The second-order valence-electron chi connectivity index (χ2n) is 19.7. The van der Waals surface area contributed by atoms with E-state index in [1.807, 2.05) is 69.4 Å². The molecule has 0 aromatic heterocycles. The highest BCUT2D eigenvalue weighted by molar-refractivity contribution is 5.78. The lowest BCUT2D eigenvalue weighted by Crippen LogP contribution is -2.35. The minimum atomic E-state index is -0.153. The number of hydrogen-bond acceptors (Lipinski definition) is 11.